The maximum absolute atomic E-state index is 5.09. The van der Waals surface area contributed by atoms with Crippen molar-refractivity contribution < 1.29 is 0 Å². The van der Waals surface area contributed by atoms with Gasteiger partial charge in [-0.3, -0.25) is 0 Å². The zero-order valence-corrected chi connectivity index (χ0v) is 7.18. The summed E-state index contributed by atoms with van der Waals surface area (Å²) in [4.78, 5) is 3.54. The van der Waals surface area contributed by atoms with Crippen LogP contribution in [0.2, 0.25) is 0 Å². The van der Waals surface area contributed by atoms with Crippen LogP contribution >= 0.6 is 0 Å². The lowest BCUT2D eigenvalue weighted by atomic mass is 10.7. The van der Waals surface area contributed by atoms with E-state index in [1.54, 1.807) is 0 Å². The van der Waals surface area contributed by atoms with Crippen LogP contribution in [-0.2, 0) is 0 Å². The van der Waals surface area contributed by atoms with Crippen LogP contribution in [0.15, 0.2) is 4.99 Å². The summed E-state index contributed by atoms with van der Waals surface area (Å²) in [6.07, 6.45) is 5.01. The SMILES string of the molecule is C#CCNc1nnc(N=C(N)N)nn1. The molecule has 0 unspecified atom stereocenters. The van der Waals surface area contributed by atoms with Crippen molar-refractivity contribution in [1.82, 2.24) is 20.4 Å². The molecular weight excluding hydrogens is 184 g/mol. The van der Waals surface area contributed by atoms with Crippen molar-refractivity contribution in [1.29, 1.82) is 0 Å². The lowest BCUT2D eigenvalue weighted by Crippen LogP contribution is -2.22. The van der Waals surface area contributed by atoms with Crippen LogP contribution < -0.4 is 16.8 Å². The fourth-order valence-corrected chi connectivity index (χ4v) is 0.585. The average Bonchev–Trinajstić information content (AvgIpc) is 2.16. The molecule has 72 valence electrons. The van der Waals surface area contributed by atoms with Gasteiger partial charge in [0.15, 0.2) is 5.96 Å². The zero-order chi connectivity index (χ0) is 10.4. The Bertz CT molecular complexity index is 356. The van der Waals surface area contributed by atoms with Gasteiger partial charge in [0, 0.05) is 0 Å². The van der Waals surface area contributed by atoms with Crippen molar-refractivity contribution in [3.63, 3.8) is 0 Å². The number of hydrogen-bond acceptors (Lipinski definition) is 6. The molecule has 0 aliphatic heterocycles. The van der Waals surface area contributed by atoms with Gasteiger partial charge in [0.25, 0.3) is 11.9 Å². The number of nitrogens with zero attached hydrogens (tertiary/aromatic N) is 5. The average molecular weight is 192 g/mol. The van der Waals surface area contributed by atoms with E-state index in [1.807, 2.05) is 0 Å². The van der Waals surface area contributed by atoms with Crippen molar-refractivity contribution in [3.8, 4) is 12.3 Å². The number of aromatic nitrogens is 4. The third kappa shape index (κ3) is 2.90. The Morgan fingerprint density at radius 3 is 2.50 bits per heavy atom. The summed E-state index contributed by atoms with van der Waals surface area (Å²) in [6, 6.07) is 0. The van der Waals surface area contributed by atoms with E-state index >= 15 is 0 Å². The van der Waals surface area contributed by atoms with E-state index in [1.165, 1.54) is 0 Å². The Hall–Kier alpha value is -2.43. The Kier molecular flexibility index (Phi) is 3.15. The fraction of sp³-hybridized carbons (Fsp3) is 0.167. The van der Waals surface area contributed by atoms with E-state index in [2.05, 4.69) is 36.6 Å². The minimum atomic E-state index is -0.155. The fourth-order valence-electron chi connectivity index (χ4n) is 0.585. The highest BCUT2D eigenvalue weighted by molar-refractivity contribution is 5.77. The third-order valence-electron chi connectivity index (χ3n) is 1.05. The van der Waals surface area contributed by atoms with Gasteiger partial charge in [0.05, 0.1) is 6.54 Å². The Balaban J connectivity index is 2.70. The normalized spacial score (nSPS) is 8.79. The molecule has 0 saturated heterocycles. The van der Waals surface area contributed by atoms with Crippen LogP contribution in [0.4, 0.5) is 11.9 Å². The standard InChI is InChI=1S/C6H8N8/c1-2-3-9-5-11-13-6(14-12-5)10-4(7)8/h1H,3H2,(H,9,11,12)(H4,7,8,10,13,14). The Morgan fingerprint density at radius 2 is 2.00 bits per heavy atom. The van der Waals surface area contributed by atoms with E-state index in [0.29, 0.717) is 6.54 Å². The Morgan fingerprint density at radius 1 is 1.36 bits per heavy atom. The number of guanidine groups is 1. The van der Waals surface area contributed by atoms with E-state index in [-0.39, 0.29) is 17.9 Å². The molecule has 1 rings (SSSR count). The van der Waals surface area contributed by atoms with E-state index in [0.717, 1.165) is 0 Å². The quantitative estimate of drug-likeness (QED) is 0.293. The molecule has 8 heteroatoms. The van der Waals surface area contributed by atoms with Gasteiger partial charge in [-0.25, -0.2) is 0 Å². The van der Waals surface area contributed by atoms with Crippen molar-refractivity contribution in [3.05, 3.63) is 0 Å². The molecule has 0 spiro atoms. The first kappa shape index (κ1) is 9.66. The number of nitrogens with one attached hydrogen (secondary N) is 1. The van der Waals surface area contributed by atoms with Crippen molar-refractivity contribution in [2.75, 3.05) is 11.9 Å². The molecule has 8 nitrogen and oxygen atoms in total. The van der Waals surface area contributed by atoms with Gasteiger partial charge in [0.2, 0.25) is 0 Å². The lowest BCUT2D eigenvalue weighted by molar-refractivity contribution is 0.857. The van der Waals surface area contributed by atoms with Crippen LogP contribution in [0.25, 0.3) is 0 Å². The van der Waals surface area contributed by atoms with E-state index < -0.39 is 0 Å². The second kappa shape index (κ2) is 4.56. The molecule has 0 saturated carbocycles. The van der Waals surface area contributed by atoms with Gasteiger partial charge in [-0.05, 0) is 0 Å². The number of aliphatic imine (C=N–C) groups is 1. The smallest absolute Gasteiger partial charge is 0.291 e. The minimum absolute atomic E-state index is 0.00347. The molecule has 14 heavy (non-hydrogen) atoms. The monoisotopic (exact) mass is 192 g/mol. The topological polar surface area (TPSA) is 128 Å². The lowest BCUT2D eigenvalue weighted by Gasteiger charge is -1.96. The second-order valence-electron chi connectivity index (χ2n) is 2.12. The summed E-state index contributed by atoms with van der Waals surface area (Å²) >= 11 is 0. The first-order chi connectivity index (χ1) is 6.72. The van der Waals surface area contributed by atoms with Gasteiger partial charge in [-0.1, -0.05) is 5.92 Å². The van der Waals surface area contributed by atoms with E-state index in [9.17, 15) is 0 Å². The van der Waals surface area contributed by atoms with Gasteiger partial charge < -0.3 is 16.8 Å². The molecule has 0 amide bonds. The molecular formula is C6H8N8. The molecule has 1 aromatic heterocycles. The predicted molar refractivity (Wildman–Crippen MR) is 50.4 cm³/mol. The summed E-state index contributed by atoms with van der Waals surface area (Å²) in [5.41, 5.74) is 10.2. The van der Waals surface area contributed by atoms with Crippen LogP contribution in [0.5, 0.6) is 0 Å². The molecule has 1 aromatic rings. The number of nitrogens with two attached hydrogens (primary N) is 2. The van der Waals surface area contributed by atoms with Crippen molar-refractivity contribution >= 4 is 17.9 Å². The summed E-state index contributed by atoms with van der Waals surface area (Å²) in [5, 5.41) is 17.1. The number of terminal acetylenes is 1. The predicted octanol–water partition coefficient (Wildman–Crippen LogP) is -1.78. The maximum atomic E-state index is 5.09. The zero-order valence-electron chi connectivity index (χ0n) is 7.18. The third-order valence-corrected chi connectivity index (χ3v) is 1.05. The summed E-state index contributed by atoms with van der Waals surface area (Å²) < 4.78 is 0. The van der Waals surface area contributed by atoms with Crippen molar-refractivity contribution in [2.24, 2.45) is 16.5 Å². The first-order valence-corrected chi connectivity index (χ1v) is 3.56. The highest BCUT2D eigenvalue weighted by Gasteiger charge is 1.98. The molecule has 0 aromatic carbocycles. The second-order valence-corrected chi connectivity index (χ2v) is 2.12. The van der Waals surface area contributed by atoms with Crippen LogP contribution in [0.3, 0.4) is 0 Å². The molecule has 0 fully saturated rings. The van der Waals surface area contributed by atoms with Gasteiger partial charge >= 0.3 is 0 Å². The molecule has 0 aliphatic rings. The molecule has 1 heterocycles. The molecule has 0 aliphatic carbocycles. The summed E-state index contributed by atoms with van der Waals surface area (Å²) in [6.45, 7) is 0.297. The minimum Gasteiger partial charge on any atom is -0.370 e. The summed E-state index contributed by atoms with van der Waals surface area (Å²) in [5.74, 6) is 2.41. The molecule has 0 radical (unpaired) electrons. The van der Waals surface area contributed by atoms with Gasteiger partial charge in [-0.2, -0.15) is 4.99 Å². The highest BCUT2D eigenvalue weighted by atomic mass is 15.4. The summed E-state index contributed by atoms with van der Waals surface area (Å²) in [7, 11) is 0. The van der Waals surface area contributed by atoms with Crippen LogP contribution in [-0.4, -0.2) is 32.9 Å². The highest BCUT2D eigenvalue weighted by Crippen LogP contribution is 1.98. The number of hydrogen-bond donors (Lipinski definition) is 3. The van der Waals surface area contributed by atoms with Crippen LogP contribution in [0.1, 0.15) is 0 Å². The van der Waals surface area contributed by atoms with Crippen LogP contribution in [0, 0.1) is 12.3 Å². The first-order valence-electron chi connectivity index (χ1n) is 3.56. The number of rotatable bonds is 3. The molecule has 0 bridgehead atoms. The maximum Gasteiger partial charge on any atom is 0.291 e. The Labute approximate surface area is 79.8 Å². The number of anilines is 1. The molecule has 5 N–H and O–H groups in total. The van der Waals surface area contributed by atoms with Gasteiger partial charge in [0.1, 0.15) is 0 Å². The van der Waals surface area contributed by atoms with Gasteiger partial charge in [-0.15, -0.1) is 26.8 Å². The van der Waals surface area contributed by atoms with E-state index in [4.69, 9.17) is 17.9 Å². The molecule has 0 atom stereocenters. The van der Waals surface area contributed by atoms with Crippen molar-refractivity contribution in [2.45, 2.75) is 0 Å². The largest absolute Gasteiger partial charge is 0.370 e.